The number of methoxy groups -OCH3 is 1. The van der Waals surface area contributed by atoms with Crippen molar-refractivity contribution in [3.8, 4) is 5.75 Å². The van der Waals surface area contributed by atoms with E-state index in [2.05, 4.69) is 0 Å². The Kier molecular flexibility index (Phi) is 5.90. The second-order valence-corrected chi connectivity index (χ2v) is 3.91. The molecule has 0 heterocycles. The quantitative estimate of drug-likeness (QED) is 0.722. The van der Waals surface area contributed by atoms with Crippen LogP contribution < -0.4 is 10.5 Å². The summed E-state index contributed by atoms with van der Waals surface area (Å²) in [4.78, 5) is 0. The van der Waals surface area contributed by atoms with Crippen LogP contribution in [0.4, 0.5) is 0 Å². The third-order valence-corrected chi connectivity index (χ3v) is 2.42. The Balaban J connectivity index is 2.27. The van der Waals surface area contributed by atoms with E-state index in [0.29, 0.717) is 0 Å². The molecular weight excluding hydrogens is 202 g/mol. The molecule has 1 aromatic carbocycles. The molecule has 3 heteroatoms. The third kappa shape index (κ3) is 4.64. The van der Waals surface area contributed by atoms with Gasteiger partial charge in [0, 0.05) is 19.8 Å². The van der Waals surface area contributed by atoms with Gasteiger partial charge in [-0.1, -0.05) is 12.1 Å². The van der Waals surface area contributed by atoms with Crippen LogP contribution in [0.3, 0.4) is 0 Å². The fourth-order valence-corrected chi connectivity index (χ4v) is 1.41. The molecule has 0 aliphatic heterocycles. The van der Waals surface area contributed by atoms with Gasteiger partial charge in [-0.2, -0.15) is 0 Å². The van der Waals surface area contributed by atoms with Crippen molar-refractivity contribution in [3.05, 3.63) is 29.8 Å². The van der Waals surface area contributed by atoms with Crippen LogP contribution in [0, 0.1) is 0 Å². The van der Waals surface area contributed by atoms with Crippen molar-refractivity contribution in [2.45, 2.75) is 25.8 Å². The fourth-order valence-electron chi connectivity index (χ4n) is 1.41. The number of ether oxygens (including phenoxy) is 2. The van der Waals surface area contributed by atoms with Crippen LogP contribution in [-0.2, 0) is 4.74 Å². The lowest BCUT2D eigenvalue weighted by Crippen LogP contribution is -2.04. The first-order valence-corrected chi connectivity index (χ1v) is 5.71. The summed E-state index contributed by atoms with van der Waals surface area (Å²) in [6, 6.07) is 8.03. The van der Waals surface area contributed by atoms with Crippen molar-refractivity contribution in [2.75, 3.05) is 20.3 Å². The van der Waals surface area contributed by atoms with Gasteiger partial charge in [0.1, 0.15) is 5.75 Å². The van der Waals surface area contributed by atoms with Crippen molar-refractivity contribution in [2.24, 2.45) is 5.73 Å². The van der Waals surface area contributed by atoms with E-state index in [1.54, 1.807) is 7.11 Å². The van der Waals surface area contributed by atoms with Gasteiger partial charge in [0.05, 0.1) is 6.61 Å². The lowest BCUT2D eigenvalue weighted by molar-refractivity contribution is 0.184. The summed E-state index contributed by atoms with van der Waals surface area (Å²) in [6.07, 6.45) is 2.05. The van der Waals surface area contributed by atoms with Crippen molar-refractivity contribution in [1.82, 2.24) is 0 Å². The molecule has 0 bridgehead atoms. The number of hydrogen-bond donors (Lipinski definition) is 1. The van der Waals surface area contributed by atoms with E-state index in [1.807, 2.05) is 31.2 Å². The molecule has 16 heavy (non-hydrogen) atoms. The summed E-state index contributed by atoms with van der Waals surface area (Å²) in [5.74, 6) is 0.904. The molecule has 3 nitrogen and oxygen atoms in total. The molecule has 2 N–H and O–H groups in total. The normalized spacial score (nSPS) is 12.4. The highest BCUT2D eigenvalue weighted by atomic mass is 16.5. The van der Waals surface area contributed by atoms with Crippen molar-refractivity contribution < 1.29 is 9.47 Å². The van der Waals surface area contributed by atoms with Crippen LogP contribution in [-0.4, -0.2) is 20.3 Å². The molecule has 0 aromatic heterocycles. The van der Waals surface area contributed by atoms with Crippen molar-refractivity contribution in [1.29, 1.82) is 0 Å². The molecule has 0 fully saturated rings. The second kappa shape index (κ2) is 7.25. The van der Waals surface area contributed by atoms with Crippen LogP contribution >= 0.6 is 0 Å². The number of hydrogen-bond acceptors (Lipinski definition) is 3. The van der Waals surface area contributed by atoms with Crippen LogP contribution in [0.25, 0.3) is 0 Å². The van der Waals surface area contributed by atoms with E-state index in [4.69, 9.17) is 15.2 Å². The smallest absolute Gasteiger partial charge is 0.119 e. The number of benzene rings is 1. The Labute approximate surface area is 97.6 Å². The predicted octanol–water partition coefficient (Wildman–Crippen LogP) is 2.51. The Morgan fingerprint density at radius 2 is 1.75 bits per heavy atom. The largest absolute Gasteiger partial charge is 0.494 e. The van der Waals surface area contributed by atoms with Gasteiger partial charge < -0.3 is 15.2 Å². The molecular formula is C13H21NO2. The molecule has 0 saturated heterocycles. The number of unbranched alkanes of at least 4 members (excludes halogenated alkanes) is 1. The third-order valence-electron chi connectivity index (χ3n) is 2.42. The molecule has 1 aromatic rings. The summed E-state index contributed by atoms with van der Waals surface area (Å²) in [5, 5.41) is 0. The highest BCUT2D eigenvalue weighted by Gasteiger charge is 1.99. The predicted molar refractivity (Wildman–Crippen MR) is 65.6 cm³/mol. The van der Waals surface area contributed by atoms with Gasteiger partial charge in [-0.25, -0.2) is 0 Å². The maximum absolute atomic E-state index is 5.76. The summed E-state index contributed by atoms with van der Waals surface area (Å²) in [5.41, 5.74) is 6.90. The van der Waals surface area contributed by atoms with Gasteiger partial charge in [-0.15, -0.1) is 0 Å². The van der Waals surface area contributed by atoms with E-state index in [0.717, 1.165) is 37.4 Å². The molecule has 0 aliphatic carbocycles. The lowest BCUT2D eigenvalue weighted by Gasteiger charge is -2.08. The highest BCUT2D eigenvalue weighted by Crippen LogP contribution is 2.16. The number of nitrogens with two attached hydrogens (primary N) is 1. The minimum absolute atomic E-state index is 0.0794. The average Bonchev–Trinajstić information content (AvgIpc) is 2.29. The zero-order chi connectivity index (χ0) is 11.8. The Hall–Kier alpha value is -1.06. The molecule has 0 amide bonds. The van der Waals surface area contributed by atoms with E-state index in [-0.39, 0.29) is 6.04 Å². The van der Waals surface area contributed by atoms with Gasteiger partial charge in [-0.05, 0) is 37.5 Å². The van der Waals surface area contributed by atoms with Gasteiger partial charge in [-0.3, -0.25) is 0 Å². The Morgan fingerprint density at radius 3 is 2.31 bits per heavy atom. The minimum atomic E-state index is 0.0794. The van der Waals surface area contributed by atoms with Gasteiger partial charge in [0.15, 0.2) is 0 Å². The second-order valence-electron chi connectivity index (χ2n) is 3.91. The molecule has 0 aliphatic rings. The molecule has 0 spiro atoms. The van der Waals surface area contributed by atoms with Crippen LogP contribution in [0.15, 0.2) is 24.3 Å². The van der Waals surface area contributed by atoms with E-state index in [1.165, 1.54) is 0 Å². The van der Waals surface area contributed by atoms with Crippen LogP contribution in [0.5, 0.6) is 5.75 Å². The lowest BCUT2D eigenvalue weighted by atomic mass is 10.1. The van der Waals surface area contributed by atoms with Gasteiger partial charge >= 0.3 is 0 Å². The van der Waals surface area contributed by atoms with Gasteiger partial charge in [0.2, 0.25) is 0 Å². The SMILES string of the molecule is COCCCCOc1ccc(C(C)N)cc1. The van der Waals surface area contributed by atoms with Crippen LogP contribution in [0.1, 0.15) is 31.4 Å². The molecule has 0 radical (unpaired) electrons. The zero-order valence-corrected chi connectivity index (χ0v) is 10.1. The summed E-state index contributed by atoms with van der Waals surface area (Å²) in [7, 11) is 1.72. The van der Waals surface area contributed by atoms with E-state index >= 15 is 0 Å². The maximum Gasteiger partial charge on any atom is 0.119 e. The first-order valence-electron chi connectivity index (χ1n) is 5.71. The average molecular weight is 223 g/mol. The van der Waals surface area contributed by atoms with Gasteiger partial charge in [0.25, 0.3) is 0 Å². The highest BCUT2D eigenvalue weighted by molar-refractivity contribution is 5.28. The standard InChI is InChI=1S/C13H21NO2/c1-11(14)12-5-7-13(8-6-12)16-10-4-3-9-15-2/h5-8,11H,3-4,9-10,14H2,1-2H3. The molecule has 1 unspecified atom stereocenters. The molecule has 1 rings (SSSR count). The molecule has 1 atom stereocenters. The monoisotopic (exact) mass is 223 g/mol. The molecule has 0 saturated carbocycles. The van der Waals surface area contributed by atoms with E-state index in [9.17, 15) is 0 Å². The van der Waals surface area contributed by atoms with Crippen molar-refractivity contribution in [3.63, 3.8) is 0 Å². The minimum Gasteiger partial charge on any atom is -0.494 e. The molecule has 90 valence electrons. The fraction of sp³-hybridized carbons (Fsp3) is 0.538. The first-order chi connectivity index (χ1) is 7.74. The maximum atomic E-state index is 5.76. The van der Waals surface area contributed by atoms with Crippen molar-refractivity contribution >= 4 is 0 Å². The zero-order valence-electron chi connectivity index (χ0n) is 10.1. The van der Waals surface area contributed by atoms with Crippen LogP contribution in [0.2, 0.25) is 0 Å². The topological polar surface area (TPSA) is 44.5 Å². The Morgan fingerprint density at radius 1 is 1.12 bits per heavy atom. The Bertz CT molecular complexity index is 282. The summed E-state index contributed by atoms with van der Waals surface area (Å²) >= 11 is 0. The summed E-state index contributed by atoms with van der Waals surface area (Å²) in [6.45, 7) is 3.51. The first kappa shape index (κ1) is 13.0. The van der Waals surface area contributed by atoms with E-state index < -0.39 is 0 Å². The summed E-state index contributed by atoms with van der Waals surface area (Å²) < 4.78 is 10.6. The number of rotatable bonds is 7.